The number of fused-ring (bicyclic) bond motifs is 1. The summed E-state index contributed by atoms with van der Waals surface area (Å²) in [4.78, 5) is 28.6. The highest BCUT2D eigenvalue weighted by Crippen LogP contribution is 2.35. The molecule has 0 aromatic heterocycles. The van der Waals surface area contributed by atoms with Gasteiger partial charge in [-0.3, -0.25) is 13.9 Å². The Kier molecular flexibility index (Phi) is 9.88. The van der Waals surface area contributed by atoms with Crippen molar-refractivity contribution in [3.63, 3.8) is 0 Å². The van der Waals surface area contributed by atoms with Crippen LogP contribution in [0.15, 0.2) is 83.8 Å². The summed E-state index contributed by atoms with van der Waals surface area (Å²) in [6, 6.07) is 21.6. The van der Waals surface area contributed by atoms with Crippen LogP contribution in [0, 0.1) is 5.92 Å². The molecule has 1 N–H and O–H groups in total. The first kappa shape index (κ1) is 29.9. The fraction of sp³-hybridized carbons (Fsp3) is 0.355. The summed E-state index contributed by atoms with van der Waals surface area (Å²) in [5.74, 6) is 0.348. The van der Waals surface area contributed by atoms with Crippen molar-refractivity contribution in [3.05, 3.63) is 84.4 Å². The molecular formula is C31H37N3O6S. The van der Waals surface area contributed by atoms with Gasteiger partial charge in [-0.1, -0.05) is 62.4 Å². The Morgan fingerprint density at radius 3 is 2.17 bits per heavy atom. The SMILES string of the molecule is CC(C)CNC(=O)C(C)N(CCc1ccccc1)C(=O)CN(c1ccc2c(c1)OCCO2)S(=O)(=O)c1ccccc1. The van der Waals surface area contributed by atoms with Gasteiger partial charge in [0.15, 0.2) is 11.5 Å². The second-order valence-electron chi connectivity index (χ2n) is 10.3. The second-order valence-corrected chi connectivity index (χ2v) is 12.2. The fourth-order valence-electron chi connectivity index (χ4n) is 4.46. The molecule has 3 aromatic carbocycles. The average molecular weight is 580 g/mol. The summed E-state index contributed by atoms with van der Waals surface area (Å²) in [5, 5.41) is 2.90. The van der Waals surface area contributed by atoms with Gasteiger partial charge in [0.05, 0.1) is 10.6 Å². The molecule has 1 aliphatic rings. The number of hydrogen-bond donors (Lipinski definition) is 1. The maximum Gasteiger partial charge on any atom is 0.264 e. The molecule has 9 nitrogen and oxygen atoms in total. The number of carbonyl (C=O) groups is 2. The molecule has 0 aliphatic carbocycles. The number of nitrogens with one attached hydrogen (secondary N) is 1. The van der Waals surface area contributed by atoms with Crippen LogP contribution in [0.25, 0.3) is 0 Å². The molecule has 1 atom stereocenters. The molecule has 0 fully saturated rings. The smallest absolute Gasteiger partial charge is 0.264 e. The Morgan fingerprint density at radius 1 is 0.878 bits per heavy atom. The predicted molar refractivity (Wildman–Crippen MR) is 158 cm³/mol. The topological polar surface area (TPSA) is 105 Å². The van der Waals surface area contributed by atoms with E-state index < -0.39 is 28.5 Å². The zero-order chi connectivity index (χ0) is 29.4. The monoisotopic (exact) mass is 579 g/mol. The Labute approximate surface area is 242 Å². The first-order valence-electron chi connectivity index (χ1n) is 13.8. The highest BCUT2D eigenvalue weighted by Gasteiger charge is 2.33. The summed E-state index contributed by atoms with van der Waals surface area (Å²) < 4.78 is 40.2. The van der Waals surface area contributed by atoms with Crippen molar-refractivity contribution < 1.29 is 27.5 Å². The van der Waals surface area contributed by atoms with E-state index in [1.165, 1.54) is 17.0 Å². The number of nitrogens with zero attached hydrogens (tertiary/aromatic N) is 2. The molecule has 10 heteroatoms. The molecule has 218 valence electrons. The van der Waals surface area contributed by atoms with Crippen LogP contribution in [0.5, 0.6) is 11.5 Å². The zero-order valence-corrected chi connectivity index (χ0v) is 24.5. The number of anilines is 1. The number of ether oxygens (including phenoxy) is 2. The van der Waals surface area contributed by atoms with Gasteiger partial charge in [-0.25, -0.2) is 8.42 Å². The number of hydrogen-bond acceptors (Lipinski definition) is 6. The van der Waals surface area contributed by atoms with Crippen molar-refractivity contribution in [2.45, 2.75) is 38.1 Å². The lowest BCUT2D eigenvalue weighted by Gasteiger charge is -2.32. The Bertz CT molecular complexity index is 1430. The average Bonchev–Trinajstić information content (AvgIpc) is 2.99. The lowest BCUT2D eigenvalue weighted by atomic mass is 10.1. The van der Waals surface area contributed by atoms with E-state index >= 15 is 0 Å². The van der Waals surface area contributed by atoms with Crippen LogP contribution in [0.3, 0.4) is 0 Å². The van der Waals surface area contributed by atoms with Crippen LogP contribution in [0.2, 0.25) is 0 Å². The number of sulfonamides is 1. The third-order valence-electron chi connectivity index (χ3n) is 6.76. The number of carbonyl (C=O) groups excluding carboxylic acids is 2. The van der Waals surface area contributed by atoms with Gasteiger partial charge in [-0.2, -0.15) is 0 Å². The van der Waals surface area contributed by atoms with Gasteiger partial charge < -0.3 is 19.7 Å². The molecule has 4 rings (SSSR count). The first-order chi connectivity index (χ1) is 19.7. The molecule has 0 saturated carbocycles. The van der Waals surface area contributed by atoms with Crippen LogP contribution in [-0.2, 0) is 26.0 Å². The van der Waals surface area contributed by atoms with Crippen molar-refractivity contribution in [2.24, 2.45) is 5.92 Å². The molecule has 2 amide bonds. The lowest BCUT2D eigenvalue weighted by molar-refractivity contribution is -0.138. The minimum absolute atomic E-state index is 0.0428. The van der Waals surface area contributed by atoms with Gasteiger partial charge in [-0.15, -0.1) is 0 Å². The predicted octanol–water partition coefficient (Wildman–Crippen LogP) is 3.89. The van der Waals surface area contributed by atoms with E-state index in [4.69, 9.17) is 9.47 Å². The minimum Gasteiger partial charge on any atom is -0.486 e. The zero-order valence-electron chi connectivity index (χ0n) is 23.7. The lowest BCUT2D eigenvalue weighted by Crippen LogP contribution is -2.52. The molecule has 0 spiro atoms. The van der Waals surface area contributed by atoms with Crippen LogP contribution in [-0.4, -0.2) is 64.0 Å². The van der Waals surface area contributed by atoms with Crippen molar-refractivity contribution in [2.75, 3.05) is 37.2 Å². The van der Waals surface area contributed by atoms with Crippen LogP contribution < -0.4 is 19.1 Å². The molecule has 3 aromatic rings. The molecule has 1 unspecified atom stereocenters. The first-order valence-corrected chi connectivity index (χ1v) is 15.2. The summed E-state index contributed by atoms with van der Waals surface area (Å²) in [5.41, 5.74) is 1.26. The molecule has 41 heavy (non-hydrogen) atoms. The van der Waals surface area contributed by atoms with Crippen molar-refractivity contribution in [1.82, 2.24) is 10.2 Å². The third kappa shape index (κ3) is 7.58. The summed E-state index contributed by atoms with van der Waals surface area (Å²) in [7, 11) is -4.15. The van der Waals surface area contributed by atoms with Gasteiger partial charge in [-0.05, 0) is 49.1 Å². The van der Waals surface area contributed by atoms with Crippen molar-refractivity contribution in [3.8, 4) is 11.5 Å². The van der Waals surface area contributed by atoms with Crippen LogP contribution in [0.4, 0.5) is 5.69 Å². The summed E-state index contributed by atoms with van der Waals surface area (Å²) in [6.07, 6.45) is 0.504. The standard InChI is InChI=1S/C31H37N3O6S/c1-23(2)21-32-31(36)24(3)33(17-16-25-10-6-4-7-11-25)30(35)22-34(41(37,38)27-12-8-5-9-13-27)26-14-15-28-29(20-26)40-19-18-39-28/h4-15,20,23-24H,16-19,21-22H2,1-3H3,(H,32,36). The summed E-state index contributed by atoms with van der Waals surface area (Å²) >= 11 is 0. The molecule has 1 aliphatic heterocycles. The fourth-order valence-corrected chi connectivity index (χ4v) is 5.89. The highest BCUT2D eigenvalue weighted by atomic mass is 32.2. The molecule has 0 radical (unpaired) electrons. The highest BCUT2D eigenvalue weighted by molar-refractivity contribution is 7.92. The maximum absolute atomic E-state index is 14.0. The number of amides is 2. The van der Waals surface area contributed by atoms with E-state index in [2.05, 4.69) is 5.32 Å². The van der Waals surface area contributed by atoms with Gasteiger partial charge in [0.25, 0.3) is 10.0 Å². The molecule has 0 bridgehead atoms. The van der Waals surface area contributed by atoms with Gasteiger partial charge >= 0.3 is 0 Å². The van der Waals surface area contributed by atoms with Crippen molar-refractivity contribution in [1.29, 1.82) is 0 Å². The maximum atomic E-state index is 14.0. The van der Waals surface area contributed by atoms with E-state index in [0.717, 1.165) is 9.87 Å². The third-order valence-corrected chi connectivity index (χ3v) is 8.55. The van der Waals surface area contributed by atoms with E-state index in [1.807, 2.05) is 44.2 Å². The molecule has 1 heterocycles. The largest absolute Gasteiger partial charge is 0.486 e. The van der Waals surface area contributed by atoms with Crippen LogP contribution >= 0.6 is 0 Å². The Balaban J connectivity index is 1.67. The number of rotatable bonds is 12. The number of benzene rings is 3. The normalized spacial score (nSPS) is 13.4. The van der Waals surface area contributed by atoms with Gasteiger partial charge in [0, 0.05) is 19.2 Å². The van der Waals surface area contributed by atoms with Crippen molar-refractivity contribution >= 4 is 27.5 Å². The second kappa shape index (κ2) is 13.5. The van der Waals surface area contributed by atoms with Gasteiger partial charge in [0.1, 0.15) is 25.8 Å². The van der Waals surface area contributed by atoms with E-state index in [-0.39, 0.29) is 29.0 Å². The van der Waals surface area contributed by atoms with Crippen LogP contribution in [0.1, 0.15) is 26.3 Å². The molecule has 0 saturated heterocycles. The summed E-state index contributed by atoms with van der Waals surface area (Å²) in [6.45, 7) is 6.56. The quantitative estimate of drug-likeness (QED) is 0.349. The Hall–Kier alpha value is -4.05. The van der Waals surface area contributed by atoms with Gasteiger partial charge in [0.2, 0.25) is 11.8 Å². The van der Waals surface area contributed by atoms with E-state index in [9.17, 15) is 18.0 Å². The van der Waals surface area contributed by atoms with E-state index in [1.54, 1.807) is 43.3 Å². The Morgan fingerprint density at radius 2 is 1.51 bits per heavy atom. The minimum atomic E-state index is -4.15. The van der Waals surface area contributed by atoms with E-state index in [0.29, 0.717) is 37.7 Å². The molecular weight excluding hydrogens is 542 g/mol.